The molecule has 7 heteroatoms. The molecule has 0 radical (unpaired) electrons. The van der Waals surface area contributed by atoms with Gasteiger partial charge < -0.3 is 14.2 Å². The fourth-order valence-electron chi connectivity index (χ4n) is 2.74. The van der Waals surface area contributed by atoms with Crippen molar-refractivity contribution in [1.82, 2.24) is 0 Å². The number of aryl methyl sites for hydroxylation is 1. The summed E-state index contributed by atoms with van der Waals surface area (Å²) >= 11 is 0. The Balaban J connectivity index is 1.51. The maximum absolute atomic E-state index is 10.8. The van der Waals surface area contributed by atoms with Gasteiger partial charge in [-0.2, -0.15) is 8.42 Å². The van der Waals surface area contributed by atoms with Crippen LogP contribution in [0.1, 0.15) is 17.5 Å². The van der Waals surface area contributed by atoms with Gasteiger partial charge in [0.25, 0.3) is 10.1 Å². The number of benzene rings is 2. The summed E-state index contributed by atoms with van der Waals surface area (Å²) in [6, 6.07) is 15.5. The fourth-order valence-corrected chi connectivity index (χ4v) is 3.25. The average molecular weight is 378 g/mol. The Labute approximate surface area is 153 Å². The molecule has 0 amide bonds. The zero-order chi connectivity index (χ0) is 18.4. The molecule has 1 aliphatic rings. The molecule has 6 nitrogen and oxygen atoms in total. The molecule has 0 saturated heterocycles. The predicted octanol–water partition coefficient (Wildman–Crippen LogP) is 2.86. The molecule has 1 heterocycles. The van der Waals surface area contributed by atoms with Crippen LogP contribution in [0.25, 0.3) is 0 Å². The Kier molecular flexibility index (Phi) is 6.13. The van der Waals surface area contributed by atoms with Gasteiger partial charge in [0.05, 0.1) is 19.0 Å². The highest BCUT2D eigenvalue weighted by Crippen LogP contribution is 2.33. The summed E-state index contributed by atoms with van der Waals surface area (Å²) in [6.07, 6.45) is 0.688. The highest BCUT2D eigenvalue weighted by Gasteiger charge is 2.21. The Morgan fingerprint density at radius 2 is 1.88 bits per heavy atom. The van der Waals surface area contributed by atoms with Gasteiger partial charge >= 0.3 is 0 Å². The first-order valence-electron chi connectivity index (χ1n) is 8.49. The van der Waals surface area contributed by atoms with Gasteiger partial charge in [-0.05, 0) is 36.1 Å². The zero-order valence-corrected chi connectivity index (χ0v) is 15.2. The first-order chi connectivity index (χ1) is 12.5. The lowest BCUT2D eigenvalue weighted by Gasteiger charge is -2.26. The molecule has 26 heavy (non-hydrogen) atoms. The van der Waals surface area contributed by atoms with Crippen LogP contribution in [-0.4, -0.2) is 38.0 Å². The van der Waals surface area contributed by atoms with E-state index < -0.39 is 10.1 Å². The maximum atomic E-state index is 10.8. The van der Waals surface area contributed by atoms with Crippen molar-refractivity contribution in [2.45, 2.75) is 25.6 Å². The SMILES string of the molecule is O=S(=O)(O)CCCc1ccc2c(c1)O[C@H](COCc1ccccc1)CO2. The second kappa shape index (κ2) is 8.53. The predicted molar refractivity (Wildman–Crippen MR) is 97.2 cm³/mol. The van der Waals surface area contributed by atoms with E-state index in [4.69, 9.17) is 18.8 Å². The number of ether oxygens (including phenoxy) is 3. The summed E-state index contributed by atoms with van der Waals surface area (Å²) in [4.78, 5) is 0. The summed E-state index contributed by atoms with van der Waals surface area (Å²) in [7, 11) is -3.93. The molecule has 0 unspecified atom stereocenters. The maximum Gasteiger partial charge on any atom is 0.264 e. The minimum atomic E-state index is -3.93. The average Bonchev–Trinajstić information content (AvgIpc) is 2.61. The standard InChI is InChI=1S/C19H22O6S/c20-26(21,22)10-4-7-15-8-9-18-19(11-15)25-17(14-24-18)13-23-12-16-5-2-1-3-6-16/h1-3,5-6,8-9,11,17H,4,7,10,12-14H2,(H,20,21,22)/t17-/m1/s1. The molecule has 0 aliphatic carbocycles. The van der Waals surface area contributed by atoms with Crippen molar-refractivity contribution in [3.05, 3.63) is 59.7 Å². The van der Waals surface area contributed by atoms with Crippen molar-refractivity contribution < 1.29 is 27.2 Å². The minimum absolute atomic E-state index is 0.195. The third-order valence-corrected chi connectivity index (χ3v) is 4.81. The van der Waals surface area contributed by atoms with Gasteiger partial charge in [0.1, 0.15) is 6.61 Å². The molecule has 3 rings (SSSR count). The van der Waals surface area contributed by atoms with Gasteiger partial charge in [0.15, 0.2) is 17.6 Å². The molecule has 1 aliphatic heterocycles. The van der Waals surface area contributed by atoms with Gasteiger partial charge in [-0.25, -0.2) is 0 Å². The van der Waals surface area contributed by atoms with Crippen LogP contribution in [0.2, 0.25) is 0 Å². The van der Waals surface area contributed by atoms with Crippen molar-refractivity contribution in [3.8, 4) is 11.5 Å². The van der Waals surface area contributed by atoms with Crippen molar-refractivity contribution >= 4 is 10.1 Å². The largest absolute Gasteiger partial charge is 0.486 e. The topological polar surface area (TPSA) is 82.1 Å². The second-order valence-corrected chi connectivity index (χ2v) is 7.79. The highest BCUT2D eigenvalue weighted by atomic mass is 32.2. The van der Waals surface area contributed by atoms with Gasteiger partial charge in [-0.1, -0.05) is 36.4 Å². The number of rotatable bonds is 8. The lowest BCUT2D eigenvalue weighted by atomic mass is 10.1. The molecule has 0 bridgehead atoms. The van der Waals surface area contributed by atoms with E-state index in [0.717, 1.165) is 11.1 Å². The van der Waals surface area contributed by atoms with Crippen LogP contribution in [-0.2, 0) is 27.9 Å². The monoisotopic (exact) mass is 378 g/mol. The third-order valence-electron chi connectivity index (χ3n) is 4.01. The highest BCUT2D eigenvalue weighted by molar-refractivity contribution is 7.85. The normalized spacial score (nSPS) is 16.4. The zero-order valence-electron chi connectivity index (χ0n) is 14.3. The van der Waals surface area contributed by atoms with Crippen LogP contribution in [0.15, 0.2) is 48.5 Å². The van der Waals surface area contributed by atoms with Crippen molar-refractivity contribution in [2.75, 3.05) is 19.0 Å². The Morgan fingerprint density at radius 3 is 2.65 bits per heavy atom. The Bertz CT molecular complexity index is 819. The van der Waals surface area contributed by atoms with Gasteiger partial charge in [0.2, 0.25) is 0 Å². The number of hydrogen-bond acceptors (Lipinski definition) is 5. The van der Waals surface area contributed by atoms with Crippen molar-refractivity contribution in [2.24, 2.45) is 0 Å². The van der Waals surface area contributed by atoms with E-state index >= 15 is 0 Å². The number of hydrogen-bond donors (Lipinski definition) is 1. The summed E-state index contributed by atoms with van der Waals surface area (Å²) in [6.45, 7) is 1.36. The Hall–Kier alpha value is -2.09. The molecule has 2 aromatic carbocycles. The van der Waals surface area contributed by atoms with Crippen LogP contribution < -0.4 is 9.47 Å². The van der Waals surface area contributed by atoms with Crippen molar-refractivity contribution in [1.29, 1.82) is 0 Å². The Morgan fingerprint density at radius 1 is 1.08 bits per heavy atom. The van der Waals surface area contributed by atoms with E-state index in [-0.39, 0.29) is 11.9 Å². The van der Waals surface area contributed by atoms with E-state index in [9.17, 15) is 8.42 Å². The van der Waals surface area contributed by atoms with Crippen LogP contribution in [0.5, 0.6) is 11.5 Å². The molecule has 0 fully saturated rings. The van der Waals surface area contributed by atoms with Crippen LogP contribution in [0, 0.1) is 0 Å². The van der Waals surface area contributed by atoms with Gasteiger partial charge in [-0.15, -0.1) is 0 Å². The van der Waals surface area contributed by atoms with Crippen LogP contribution in [0.4, 0.5) is 0 Å². The molecular weight excluding hydrogens is 356 g/mol. The molecule has 1 atom stereocenters. The molecule has 140 valence electrons. The second-order valence-electron chi connectivity index (χ2n) is 6.22. The van der Waals surface area contributed by atoms with E-state index in [1.54, 1.807) is 0 Å². The molecular formula is C19H22O6S. The van der Waals surface area contributed by atoms with Crippen LogP contribution in [0.3, 0.4) is 0 Å². The van der Waals surface area contributed by atoms with E-state index in [1.807, 2.05) is 48.5 Å². The molecule has 0 spiro atoms. The van der Waals surface area contributed by atoms with E-state index in [0.29, 0.717) is 44.2 Å². The summed E-state index contributed by atoms with van der Waals surface area (Å²) in [5.41, 5.74) is 2.03. The smallest absolute Gasteiger partial charge is 0.264 e. The van der Waals surface area contributed by atoms with Gasteiger partial charge in [0, 0.05) is 0 Å². The summed E-state index contributed by atoms with van der Waals surface area (Å²) in [5.74, 6) is 1.05. The molecule has 0 aromatic heterocycles. The third kappa shape index (κ3) is 5.72. The van der Waals surface area contributed by atoms with Crippen molar-refractivity contribution in [3.63, 3.8) is 0 Å². The van der Waals surface area contributed by atoms with Crippen LogP contribution >= 0.6 is 0 Å². The first-order valence-corrected chi connectivity index (χ1v) is 10.1. The minimum Gasteiger partial charge on any atom is -0.486 e. The summed E-state index contributed by atoms with van der Waals surface area (Å²) < 4.78 is 47.8. The number of fused-ring (bicyclic) bond motifs is 1. The van der Waals surface area contributed by atoms with Gasteiger partial charge in [-0.3, -0.25) is 4.55 Å². The quantitative estimate of drug-likeness (QED) is 0.712. The molecule has 1 N–H and O–H groups in total. The molecule has 0 saturated carbocycles. The fraction of sp³-hybridized carbons (Fsp3) is 0.368. The lowest BCUT2D eigenvalue weighted by molar-refractivity contribution is 0.00266. The lowest BCUT2D eigenvalue weighted by Crippen LogP contribution is -2.33. The van der Waals surface area contributed by atoms with E-state index in [2.05, 4.69) is 0 Å². The summed E-state index contributed by atoms with van der Waals surface area (Å²) in [5, 5.41) is 0. The first kappa shape index (κ1) is 18.7. The van der Waals surface area contributed by atoms with E-state index in [1.165, 1.54) is 0 Å². The molecule has 2 aromatic rings.